The van der Waals surface area contributed by atoms with Crippen LogP contribution in [0.2, 0.25) is 5.04 Å². The molecular formula is C23H31NO3Si. The molecule has 2 aromatic carbocycles. The van der Waals surface area contributed by atoms with Gasteiger partial charge in [0.2, 0.25) is 0 Å². The summed E-state index contributed by atoms with van der Waals surface area (Å²) in [6.45, 7) is 10.9. The molecule has 3 atom stereocenters. The van der Waals surface area contributed by atoms with E-state index in [0.717, 1.165) is 0 Å². The molecule has 1 aliphatic heterocycles. The van der Waals surface area contributed by atoms with E-state index in [1.54, 1.807) is 0 Å². The average Bonchev–Trinajstić information content (AvgIpc) is 2.97. The Morgan fingerprint density at radius 3 is 1.93 bits per heavy atom. The molecule has 0 saturated carbocycles. The fourth-order valence-corrected chi connectivity index (χ4v) is 8.89. The number of carbonyl (C=O) groups is 1. The molecule has 2 aromatic rings. The van der Waals surface area contributed by atoms with E-state index in [-0.39, 0.29) is 29.4 Å². The molecule has 0 aliphatic carbocycles. The van der Waals surface area contributed by atoms with Crippen LogP contribution >= 0.6 is 0 Å². The summed E-state index contributed by atoms with van der Waals surface area (Å²) in [7, 11) is -2.58. The summed E-state index contributed by atoms with van der Waals surface area (Å²) in [5.74, 6) is 0. The van der Waals surface area contributed by atoms with E-state index in [9.17, 15) is 4.79 Å². The normalized spacial score (nSPS) is 21.1. The van der Waals surface area contributed by atoms with Crippen molar-refractivity contribution in [3.8, 4) is 0 Å². The smallest absolute Gasteiger partial charge is 0.407 e. The quantitative estimate of drug-likeness (QED) is 0.754. The van der Waals surface area contributed by atoms with E-state index in [4.69, 9.17) is 9.16 Å². The number of carbonyl (C=O) groups excluding carboxylic acids is 1. The summed E-state index contributed by atoms with van der Waals surface area (Å²) in [5.41, 5.74) is 0. The van der Waals surface area contributed by atoms with E-state index in [1.807, 2.05) is 19.1 Å². The molecule has 1 fully saturated rings. The van der Waals surface area contributed by atoms with E-state index in [2.05, 4.69) is 81.5 Å². The highest BCUT2D eigenvalue weighted by Gasteiger charge is 2.51. The van der Waals surface area contributed by atoms with E-state index in [1.165, 1.54) is 10.4 Å². The molecule has 0 spiro atoms. The van der Waals surface area contributed by atoms with Crippen molar-refractivity contribution >= 4 is 24.8 Å². The van der Waals surface area contributed by atoms with Gasteiger partial charge in [0.1, 0.15) is 6.10 Å². The van der Waals surface area contributed by atoms with Crippen LogP contribution in [0.25, 0.3) is 0 Å². The van der Waals surface area contributed by atoms with Crippen LogP contribution in [0.5, 0.6) is 0 Å². The second kappa shape index (κ2) is 8.09. The first-order chi connectivity index (χ1) is 13.2. The second-order valence-corrected chi connectivity index (χ2v) is 13.0. The predicted molar refractivity (Wildman–Crippen MR) is 116 cm³/mol. The first-order valence-corrected chi connectivity index (χ1v) is 11.9. The van der Waals surface area contributed by atoms with Crippen LogP contribution in [-0.2, 0) is 9.16 Å². The molecule has 0 aromatic heterocycles. The lowest BCUT2D eigenvalue weighted by Gasteiger charge is -2.45. The lowest BCUT2D eigenvalue weighted by molar-refractivity contribution is 0.0890. The molecule has 0 radical (unpaired) electrons. The van der Waals surface area contributed by atoms with Crippen LogP contribution in [0.4, 0.5) is 4.79 Å². The van der Waals surface area contributed by atoms with Crippen LogP contribution in [0.1, 0.15) is 41.0 Å². The van der Waals surface area contributed by atoms with Gasteiger partial charge in [0.05, 0.1) is 6.04 Å². The van der Waals surface area contributed by atoms with Crippen LogP contribution in [-0.4, -0.2) is 32.7 Å². The lowest BCUT2D eigenvalue weighted by Crippen LogP contribution is -2.67. The van der Waals surface area contributed by atoms with Crippen molar-refractivity contribution < 1.29 is 14.0 Å². The number of alkyl carbamates (subject to hydrolysis) is 1. The Bertz CT molecular complexity index is 749. The van der Waals surface area contributed by atoms with Crippen molar-refractivity contribution in [3.63, 3.8) is 0 Å². The first kappa shape index (κ1) is 20.6. The minimum atomic E-state index is -2.58. The Labute approximate surface area is 169 Å². The van der Waals surface area contributed by atoms with Crippen LogP contribution in [0.3, 0.4) is 0 Å². The largest absolute Gasteiger partial charge is 0.444 e. The standard InChI is InChI=1S/C23H31NO3Si/c1-17(16-21-18(2)24-22(25)26-21)27-28(23(3,4)5,19-12-8-6-9-13-19)20-14-10-7-11-15-20/h6-15,17-18,21H,16H2,1-5H3,(H,24,25)/t17?,18-,21+/m0/s1. The molecule has 1 saturated heterocycles. The molecular weight excluding hydrogens is 366 g/mol. The van der Waals surface area contributed by atoms with Gasteiger partial charge in [-0.2, -0.15) is 0 Å². The Morgan fingerprint density at radius 1 is 1.04 bits per heavy atom. The third kappa shape index (κ3) is 4.01. The molecule has 1 heterocycles. The summed E-state index contributed by atoms with van der Waals surface area (Å²) in [4.78, 5) is 11.6. The maximum absolute atomic E-state index is 11.6. The fraction of sp³-hybridized carbons (Fsp3) is 0.435. The molecule has 5 heteroatoms. The monoisotopic (exact) mass is 397 g/mol. The van der Waals surface area contributed by atoms with E-state index >= 15 is 0 Å². The Morgan fingerprint density at radius 2 is 1.54 bits per heavy atom. The molecule has 1 aliphatic rings. The van der Waals surface area contributed by atoms with Gasteiger partial charge >= 0.3 is 6.09 Å². The second-order valence-electron chi connectivity index (χ2n) is 8.70. The molecule has 28 heavy (non-hydrogen) atoms. The van der Waals surface area contributed by atoms with Gasteiger partial charge in [-0.05, 0) is 29.3 Å². The number of amides is 1. The van der Waals surface area contributed by atoms with Gasteiger partial charge in [-0.1, -0.05) is 81.4 Å². The minimum absolute atomic E-state index is 0.00213. The summed E-state index contributed by atoms with van der Waals surface area (Å²) in [6, 6.07) is 21.2. The maximum atomic E-state index is 11.6. The predicted octanol–water partition coefficient (Wildman–Crippen LogP) is 3.84. The molecule has 1 amide bonds. The third-order valence-corrected chi connectivity index (χ3v) is 10.7. The molecule has 150 valence electrons. The fourth-order valence-electron chi connectivity index (χ4n) is 4.17. The topological polar surface area (TPSA) is 47.6 Å². The zero-order valence-corrected chi connectivity index (χ0v) is 18.4. The van der Waals surface area contributed by atoms with Gasteiger partial charge < -0.3 is 14.5 Å². The molecule has 4 nitrogen and oxygen atoms in total. The molecule has 1 N–H and O–H groups in total. The molecule has 3 rings (SSSR count). The SMILES string of the molecule is CC(C[C@H]1OC(=O)N[C@H]1C)O[Si](c1ccccc1)(c1ccccc1)C(C)(C)C. The highest BCUT2D eigenvalue weighted by molar-refractivity contribution is 6.99. The molecule has 0 bridgehead atoms. The highest BCUT2D eigenvalue weighted by atomic mass is 28.4. The summed E-state index contributed by atoms with van der Waals surface area (Å²) >= 11 is 0. The lowest BCUT2D eigenvalue weighted by atomic mass is 10.1. The van der Waals surface area contributed by atoms with Crippen molar-refractivity contribution in [1.29, 1.82) is 0 Å². The van der Waals surface area contributed by atoms with E-state index in [0.29, 0.717) is 6.42 Å². The highest BCUT2D eigenvalue weighted by Crippen LogP contribution is 2.38. The summed E-state index contributed by atoms with van der Waals surface area (Å²) in [6.07, 6.45) is 0.118. The number of rotatable bonds is 6. The maximum Gasteiger partial charge on any atom is 0.407 e. The number of nitrogens with one attached hydrogen (secondary N) is 1. The van der Waals surface area contributed by atoms with Gasteiger partial charge in [0.25, 0.3) is 8.32 Å². The van der Waals surface area contributed by atoms with E-state index < -0.39 is 8.32 Å². The Kier molecular flexibility index (Phi) is 5.96. The van der Waals surface area contributed by atoms with Gasteiger partial charge in [-0.15, -0.1) is 0 Å². The van der Waals surface area contributed by atoms with Crippen molar-refractivity contribution in [2.45, 2.75) is 64.3 Å². The Balaban J connectivity index is 2.00. The minimum Gasteiger partial charge on any atom is -0.444 e. The van der Waals surface area contributed by atoms with Gasteiger partial charge in [-0.3, -0.25) is 0 Å². The van der Waals surface area contributed by atoms with Crippen molar-refractivity contribution in [3.05, 3.63) is 60.7 Å². The Hall–Kier alpha value is -2.11. The number of ether oxygens (including phenoxy) is 1. The summed E-state index contributed by atoms with van der Waals surface area (Å²) in [5, 5.41) is 5.27. The van der Waals surface area contributed by atoms with Gasteiger partial charge in [0, 0.05) is 12.5 Å². The van der Waals surface area contributed by atoms with Gasteiger partial charge in [-0.25, -0.2) is 4.79 Å². The van der Waals surface area contributed by atoms with Gasteiger partial charge in [0.15, 0.2) is 0 Å². The number of hydrogen-bond acceptors (Lipinski definition) is 3. The number of hydrogen-bond donors (Lipinski definition) is 1. The molecule has 1 unspecified atom stereocenters. The average molecular weight is 398 g/mol. The zero-order valence-electron chi connectivity index (χ0n) is 17.4. The number of cyclic esters (lactones) is 1. The third-order valence-electron chi connectivity index (χ3n) is 5.52. The summed E-state index contributed by atoms with van der Waals surface area (Å²) < 4.78 is 12.5. The zero-order chi connectivity index (χ0) is 20.4. The number of benzene rings is 2. The van der Waals surface area contributed by atoms with Crippen LogP contribution < -0.4 is 15.7 Å². The van der Waals surface area contributed by atoms with Crippen LogP contribution in [0.15, 0.2) is 60.7 Å². The first-order valence-electron chi connectivity index (χ1n) is 10.00. The van der Waals surface area contributed by atoms with Crippen molar-refractivity contribution in [1.82, 2.24) is 5.32 Å². The van der Waals surface area contributed by atoms with Crippen molar-refractivity contribution in [2.75, 3.05) is 0 Å². The van der Waals surface area contributed by atoms with Crippen LogP contribution in [0, 0.1) is 0 Å². The van der Waals surface area contributed by atoms with Crippen molar-refractivity contribution in [2.24, 2.45) is 0 Å².